The van der Waals surface area contributed by atoms with Crippen LogP contribution in [0.15, 0.2) is 53.6 Å². The number of aromatic nitrogens is 4. The van der Waals surface area contributed by atoms with Gasteiger partial charge < -0.3 is 14.5 Å². The molecule has 0 bridgehead atoms. The Kier molecular flexibility index (Phi) is 4.44. The minimum absolute atomic E-state index is 0.0681. The van der Waals surface area contributed by atoms with E-state index in [1.165, 1.54) is 0 Å². The Bertz CT molecular complexity index is 1060. The molecule has 1 N–H and O–H groups in total. The van der Waals surface area contributed by atoms with Gasteiger partial charge in [0.05, 0.1) is 17.7 Å². The van der Waals surface area contributed by atoms with Crippen molar-refractivity contribution in [1.29, 1.82) is 0 Å². The van der Waals surface area contributed by atoms with Crippen molar-refractivity contribution in [2.24, 2.45) is 0 Å². The standard InChI is InChI=1S/C21H21N5OS/c27-21(19-10-15-4-1-2-6-18(15)24-19)26-8-3-5-16(11-26)20-22-7-9-25(20)12-17-13-28-14-23-17/h1-2,4,6-7,9-10,13-14,16,24H,3,5,8,11-12H2/t16-/m0/s1. The fourth-order valence-electron chi connectivity index (χ4n) is 4.04. The predicted octanol–water partition coefficient (Wildman–Crippen LogP) is 3.89. The van der Waals surface area contributed by atoms with Crippen molar-refractivity contribution in [3.8, 4) is 0 Å². The van der Waals surface area contributed by atoms with Gasteiger partial charge in [0.25, 0.3) is 5.91 Å². The van der Waals surface area contributed by atoms with Crippen molar-refractivity contribution < 1.29 is 4.79 Å². The van der Waals surface area contributed by atoms with E-state index in [-0.39, 0.29) is 11.8 Å². The topological polar surface area (TPSA) is 66.8 Å². The number of benzene rings is 1. The van der Waals surface area contributed by atoms with E-state index in [0.29, 0.717) is 12.2 Å². The summed E-state index contributed by atoms with van der Waals surface area (Å²) in [6, 6.07) is 9.94. The third-order valence-electron chi connectivity index (χ3n) is 5.40. The number of nitrogens with zero attached hydrogens (tertiary/aromatic N) is 4. The third-order valence-corrected chi connectivity index (χ3v) is 6.03. The predicted molar refractivity (Wildman–Crippen MR) is 110 cm³/mol. The molecule has 1 fully saturated rings. The van der Waals surface area contributed by atoms with E-state index in [1.807, 2.05) is 53.1 Å². The van der Waals surface area contributed by atoms with Gasteiger partial charge in [-0.15, -0.1) is 11.3 Å². The second-order valence-electron chi connectivity index (χ2n) is 7.25. The summed E-state index contributed by atoms with van der Waals surface area (Å²) in [6.45, 7) is 2.21. The van der Waals surface area contributed by atoms with Crippen LogP contribution < -0.4 is 0 Å². The van der Waals surface area contributed by atoms with Gasteiger partial charge in [-0.3, -0.25) is 4.79 Å². The number of thiazole rings is 1. The zero-order valence-electron chi connectivity index (χ0n) is 15.4. The Morgan fingerprint density at radius 1 is 1.29 bits per heavy atom. The summed E-state index contributed by atoms with van der Waals surface area (Å²) >= 11 is 1.61. The smallest absolute Gasteiger partial charge is 0.270 e. The lowest BCUT2D eigenvalue weighted by Crippen LogP contribution is -2.40. The van der Waals surface area contributed by atoms with Crippen LogP contribution in [0.1, 0.15) is 40.8 Å². The van der Waals surface area contributed by atoms with Crippen LogP contribution in [0.3, 0.4) is 0 Å². The molecule has 3 aromatic heterocycles. The lowest BCUT2D eigenvalue weighted by Gasteiger charge is -2.32. The van der Waals surface area contributed by atoms with Crippen LogP contribution in [-0.2, 0) is 6.54 Å². The van der Waals surface area contributed by atoms with Gasteiger partial charge in [-0.05, 0) is 25.0 Å². The maximum atomic E-state index is 13.1. The number of amides is 1. The van der Waals surface area contributed by atoms with E-state index in [2.05, 4.69) is 24.9 Å². The van der Waals surface area contributed by atoms with E-state index in [4.69, 9.17) is 0 Å². The normalized spacial score (nSPS) is 17.3. The molecule has 0 saturated carbocycles. The van der Waals surface area contributed by atoms with Crippen LogP contribution in [0.25, 0.3) is 10.9 Å². The number of H-pyrrole nitrogens is 1. The first-order valence-corrected chi connectivity index (χ1v) is 10.5. The average molecular weight is 392 g/mol. The molecule has 1 atom stereocenters. The molecule has 1 aliphatic heterocycles. The van der Waals surface area contributed by atoms with Crippen LogP contribution in [0, 0.1) is 0 Å². The van der Waals surface area contributed by atoms with E-state index in [9.17, 15) is 4.79 Å². The van der Waals surface area contributed by atoms with Crippen LogP contribution in [0.5, 0.6) is 0 Å². The maximum Gasteiger partial charge on any atom is 0.270 e. The molecule has 142 valence electrons. The quantitative estimate of drug-likeness (QED) is 0.574. The van der Waals surface area contributed by atoms with Gasteiger partial charge in [0.1, 0.15) is 11.5 Å². The molecule has 0 aliphatic carbocycles. The number of carbonyl (C=O) groups excluding carboxylic acids is 1. The molecule has 4 heterocycles. The summed E-state index contributed by atoms with van der Waals surface area (Å²) in [6.07, 6.45) is 5.89. The Hall–Kier alpha value is -2.93. The first-order valence-electron chi connectivity index (χ1n) is 9.53. The van der Waals surface area contributed by atoms with E-state index >= 15 is 0 Å². The Morgan fingerprint density at radius 3 is 3.07 bits per heavy atom. The highest BCUT2D eigenvalue weighted by Gasteiger charge is 2.28. The summed E-state index contributed by atoms with van der Waals surface area (Å²) in [5.74, 6) is 1.36. The second-order valence-corrected chi connectivity index (χ2v) is 7.97. The van der Waals surface area contributed by atoms with Crippen molar-refractivity contribution in [3.63, 3.8) is 0 Å². The monoisotopic (exact) mass is 391 g/mol. The number of fused-ring (bicyclic) bond motifs is 1. The number of para-hydroxylation sites is 1. The number of carbonyl (C=O) groups is 1. The molecular weight excluding hydrogens is 370 g/mol. The summed E-state index contributed by atoms with van der Waals surface area (Å²) in [4.78, 5) is 27.3. The molecule has 28 heavy (non-hydrogen) atoms. The highest BCUT2D eigenvalue weighted by molar-refractivity contribution is 7.07. The van der Waals surface area contributed by atoms with Crippen molar-refractivity contribution in [2.45, 2.75) is 25.3 Å². The first kappa shape index (κ1) is 17.2. The van der Waals surface area contributed by atoms with Crippen LogP contribution in [0.4, 0.5) is 0 Å². The van der Waals surface area contributed by atoms with Crippen molar-refractivity contribution >= 4 is 28.1 Å². The van der Waals surface area contributed by atoms with Crippen LogP contribution in [0.2, 0.25) is 0 Å². The largest absolute Gasteiger partial charge is 0.351 e. The third kappa shape index (κ3) is 3.22. The molecule has 5 rings (SSSR count). The number of nitrogens with one attached hydrogen (secondary N) is 1. The van der Waals surface area contributed by atoms with Gasteiger partial charge in [0, 0.05) is 47.7 Å². The van der Waals surface area contributed by atoms with Crippen molar-refractivity contribution in [3.05, 3.63) is 70.8 Å². The van der Waals surface area contributed by atoms with Crippen LogP contribution >= 0.6 is 11.3 Å². The fraction of sp³-hybridized carbons (Fsp3) is 0.286. The van der Waals surface area contributed by atoms with Crippen molar-refractivity contribution in [2.75, 3.05) is 13.1 Å². The van der Waals surface area contributed by atoms with E-state index < -0.39 is 0 Å². The number of hydrogen-bond acceptors (Lipinski definition) is 4. The zero-order chi connectivity index (χ0) is 18.9. The minimum Gasteiger partial charge on any atom is -0.351 e. The summed E-state index contributed by atoms with van der Waals surface area (Å²) in [5, 5.41) is 3.13. The SMILES string of the molecule is O=C(c1cc2ccccc2[nH]1)N1CCC[C@H](c2nccn2Cc2cscn2)C1. The molecule has 1 amide bonds. The number of hydrogen-bond donors (Lipinski definition) is 1. The lowest BCUT2D eigenvalue weighted by atomic mass is 9.96. The second kappa shape index (κ2) is 7.24. The number of rotatable bonds is 4. The number of piperidine rings is 1. The first-order chi connectivity index (χ1) is 13.8. The van der Waals surface area contributed by atoms with Gasteiger partial charge in [-0.25, -0.2) is 9.97 Å². The zero-order valence-corrected chi connectivity index (χ0v) is 16.2. The highest BCUT2D eigenvalue weighted by Crippen LogP contribution is 2.28. The van der Waals surface area contributed by atoms with E-state index in [0.717, 1.165) is 48.4 Å². The lowest BCUT2D eigenvalue weighted by molar-refractivity contribution is 0.0698. The average Bonchev–Trinajstić information content (AvgIpc) is 3.48. The molecule has 1 aliphatic rings. The Morgan fingerprint density at radius 2 is 2.21 bits per heavy atom. The molecule has 0 unspecified atom stereocenters. The van der Waals surface area contributed by atoms with Crippen molar-refractivity contribution in [1.82, 2.24) is 24.4 Å². The Balaban J connectivity index is 1.35. The summed E-state index contributed by atoms with van der Waals surface area (Å²) < 4.78 is 2.16. The number of likely N-dealkylation sites (tertiary alicyclic amines) is 1. The molecule has 1 aromatic carbocycles. The molecule has 1 saturated heterocycles. The van der Waals surface area contributed by atoms with E-state index in [1.54, 1.807) is 11.3 Å². The van der Waals surface area contributed by atoms with Gasteiger partial charge in [0.15, 0.2) is 0 Å². The van der Waals surface area contributed by atoms with Gasteiger partial charge in [-0.2, -0.15) is 0 Å². The number of aromatic amines is 1. The number of imidazole rings is 1. The molecule has 0 spiro atoms. The molecule has 4 aromatic rings. The molecule has 6 nitrogen and oxygen atoms in total. The van der Waals surface area contributed by atoms with Gasteiger partial charge >= 0.3 is 0 Å². The fourth-order valence-corrected chi connectivity index (χ4v) is 4.59. The Labute approximate surface area is 166 Å². The summed E-state index contributed by atoms with van der Waals surface area (Å²) in [5.41, 5.74) is 4.56. The molecular formula is C21H21N5OS. The minimum atomic E-state index is 0.0681. The molecule has 0 radical (unpaired) electrons. The highest BCUT2D eigenvalue weighted by atomic mass is 32.1. The van der Waals surface area contributed by atoms with Gasteiger partial charge in [0.2, 0.25) is 0 Å². The van der Waals surface area contributed by atoms with Gasteiger partial charge in [-0.1, -0.05) is 18.2 Å². The maximum absolute atomic E-state index is 13.1. The molecule has 7 heteroatoms. The van der Waals surface area contributed by atoms with Crippen LogP contribution in [-0.4, -0.2) is 43.4 Å². The summed E-state index contributed by atoms with van der Waals surface area (Å²) in [7, 11) is 0.